The van der Waals surface area contributed by atoms with Crippen LogP contribution in [0, 0.1) is 10.1 Å². The molecule has 22 heavy (non-hydrogen) atoms. The fourth-order valence-electron chi connectivity index (χ4n) is 2.22. The fraction of sp³-hybridized carbons (Fsp3) is 0.429. The number of hydrogen-bond donors (Lipinski definition) is 1. The molecule has 1 heterocycles. The number of hydrogen-bond acceptors (Lipinski definition) is 6. The topological polar surface area (TPSA) is 102 Å². The molecule has 8 heteroatoms. The Morgan fingerprint density at radius 3 is 2.50 bits per heavy atom. The van der Waals surface area contributed by atoms with Gasteiger partial charge in [0.15, 0.2) is 0 Å². The third-order valence-corrected chi connectivity index (χ3v) is 3.29. The van der Waals surface area contributed by atoms with E-state index in [2.05, 4.69) is 5.32 Å². The number of nitro benzene ring substituents is 1. The van der Waals surface area contributed by atoms with Gasteiger partial charge in [0.05, 0.1) is 17.1 Å². The lowest BCUT2D eigenvalue weighted by atomic mass is 10.1. The average molecular weight is 307 g/mol. The number of amides is 1. The monoisotopic (exact) mass is 307 g/mol. The second-order valence-electron chi connectivity index (χ2n) is 4.79. The third-order valence-electron chi connectivity index (χ3n) is 3.29. The van der Waals surface area contributed by atoms with Crippen molar-refractivity contribution in [2.24, 2.45) is 0 Å². The zero-order valence-electron chi connectivity index (χ0n) is 12.2. The van der Waals surface area contributed by atoms with E-state index in [9.17, 15) is 19.7 Å². The van der Waals surface area contributed by atoms with Crippen molar-refractivity contribution in [3.05, 3.63) is 39.4 Å². The molecule has 1 amide bonds. The lowest BCUT2D eigenvalue weighted by molar-refractivity contribution is -0.384. The van der Waals surface area contributed by atoms with E-state index in [-0.39, 0.29) is 29.3 Å². The van der Waals surface area contributed by atoms with Gasteiger partial charge in [-0.15, -0.1) is 0 Å². The zero-order chi connectivity index (χ0) is 16.1. The lowest BCUT2D eigenvalue weighted by Crippen LogP contribution is -2.46. The normalized spacial score (nSPS) is 14.5. The van der Waals surface area contributed by atoms with Crippen LogP contribution in [0.4, 0.5) is 5.69 Å². The minimum Gasteiger partial charge on any atom is -0.462 e. The van der Waals surface area contributed by atoms with Gasteiger partial charge in [0.1, 0.15) is 0 Å². The van der Waals surface area contributed by atoms with Crippen molar-refractivity contribution in [3.63, 3.8) is 0 Å². The largest absolute Gasteiger partial charge is 0.462 e. The van der Waals surface area contributed by atoms with Crippen molar-refractivity contribution in [2.75, 3.05) is 32.8 Å². The van der Waals surface area contributed by atoms with Crippen LogP contribution >= 0.6 is 0 Å². The number of nitrogens with zero attached hydrogens (tertiary/aromatic N) is 2. The first-order valence-electron chi connectivity index (χ1n) is 6.99. The molecule has 0 bridgehead atoms. The van der Waals surface area contributed by atoms with Gasteiger partial charge >= 0.3 is 5.97 Å². The summed E-state index contributed by atoms with van der Waals surface area (Å²) in [7, 11) is 0. The van der Waals surface area contributed by atoms with Crippen LogP contribution in [0.15, 0.2) is 18.2 Å². The van der Waals surface area contributed by atoms with Crippen molar-refractivity contribution in [1.82, 2.24) is 10.2 Å². The molecule has 0 aliphatic carbocycles. The second kappa shape index (κ2) is 6.99. The minimum atomic E-state index is -0.680. The molecule has 1 aliphatic heterocycles. The molecule has 8 nitrogen and oxygen atoms in total. The summed E-state index contributed by atoms with van der Waals surface area (Å²) < 4.78 is 4.85. The van der Waals surface area contributed by atoms with E-state index >= 15 is 0 Å². The summed E-state index contributed by atoms with van der Waals surface area (Å²) in [5, 5.41) is 14.1. The molecular weight excluding hydrogens is 290 g/mol. The molecule has 1 saturated heterocycles. The molecule has 2 rings (SSSR count). The van der Waals surface area contributed by atoms with Gasteiger partial charge in [-0.1, -0.05) is 0 Å². The number of carbonyl (C=O) groups is 2. The SMILES string of the molecule is CCOC(=O)c1cc(C(=O)N2CCNCC2)cc([N+](=O)[O-])c1. The van der Waals surface area contributed by atoms with E-state index in [4.69, 9.17) is 4.74 Å². The Bertz CT molecular complexity index is 596. The number of benzene rings is 1. The molecule has 1 N–H and O–H groups in total. The average Bonchev–Trinajstić information content (AvgIpc) is 2.54. The van der Waals surface area contributed by atoms with Gasteiger partial charge < -0.3 is 15.0 Å². The predicted molar refractivity (Wildman–Crippen MR) is 77.8 cm³/mol. The van der Waals surface area contributed by atoms with Crippen LogP contribution in [-0.2, 0) is 4.74 Å². The van der Waals surface area contributed by atoms with Crippen molar-refractivity contribution in [1.29, 1.82) is 0 Å². The standard InChI is InChI=1S/C14H17N3O5/c1-2-22-14(19)11-7-10(8-12(9-11)17(20)21)13(18)16-5-3-15-4-6-16/h7-9,15H,2-6H2,1H3. The van der Waals surface area contributed by atoms with E-state index < -0.39 is 10.9 Å². The van der Waals surface area contributed by atoms with Crippen LogP contribution in [0.5, 0.6) is 0 Å². The van der Waals surface area contributed by atoms with Crippen molar-refractivity contribution in [2.45, 2.75) is 6.92 Å². The first-order valence-corrected chi connectivity index (χ1v) is 6.99. The molecular formula is C14H17N3O5. The van der Waals surface area contributed by atoms with Crippen LogP contribution in [0.25, 0.3) is 0 Å². The first kappa shape index (κ1) is 15.9. The van der Waals surface area contributed by atoms with E-state index in [0.29, 0.717) is 26.2 Å². The Hall–Kier alpha value is -2.48. The summed E-state index contributed by atoms with van der Waals surface area (Å²) in [6.07, 6.45) is 0. The number of piperazine rings is 1. The molecule has 0 atom stereocenters. The highest BCUT2D eigenvalue weighted by Gasteiger charge is 2.23. The molecule has 1 aliphatic rings. The molecule has 118 valence electrons. The number of carbonyl (C=O) groups excluding carboxylic acids is 2. The Labute approximate surface area is 127 Å². The predicted octanol–water partition coefficient (Wildman–Crippen LogP) is 0.817. The maximum absolute atomic E-state index is 12.4. The van der Waals surface area contributed by atoms with Crippen molar-refractivity contribution < 1.29 is 19.2 Å². The maximum atomic E-state index is 12.4. The highest BCUT2D eigenvalue weighted by atomic mass is 16.6. The third kappa shape index (κ3) is 3.59. The summed E-state index contributed by atoms with van der Waals surface area (Å²) in [6.45, 7) is 4.19. The molecule has 0 radical (unpaired) electrons. The number of rotatable bonds is 4. The van der Waals surface area contributed by atoms with Crippen molar-refractivity contribution in [3.8, 4) is 0 Å². The van der Waals surface area contributed by atoms with E-state index in [1.54, 1.807) is 11.8 Å². The number of nitro groups is 1. The summed E-state index contributed by atoms with van der Waals surface area (Å²) in [4.78, 5) is 36.2. The summed E-state index contributed by atoms with van der Waals surface area (Å²) in [6, 6.07) is 3.65. The van der Waals surface area contributed by atoms with Crippen LogP contribution in [-0.4, -0.2) is 54.5 Å². The van der Waals surface area contributed by atoms with E-state index in [1.807, 2.05) is 0 Å². The van der Waals surface area contributed by atoms with Crippen molar-refractivity contribution >= 4 is 17.6 Å². The van der Waals surface area contributed by atoms with Crippen LogP contribution in [0.3, 0.4) is 0 Å². The highest BCUT2D eigenvalue weighted by Crippen LogP contribution is 2.19. The van der Waals surface area contributed by atoms with E-state index in [1.165, 1.54) is 12.1 Å². The fourth-order valence-corrected chi connectivity index (χ4v) is 2.22. The van der Waals surface area contributed by atoms with Gasteiger partial charge in [0.2, 0.25) is 0 Å². The first-order chi connectivity index (χ1) is 10.5. The summed E-state index contributed by atoms with van der Waals surface area (Å²) in [5.41, 5.74) is -0.169. The van der Waals surface area contributed by atoms with Gasteiger partial charge in [0, 0.05) is 43.9 Å². The van der Waals surface area contributed by atoms with Crippen LogP contribution in [0.2, 0.25) is 0 Å². The number of esters is 1. The number of non-ortho nitro benzene ring substituents is 1. The Morgan fingerprint density at radius 1 is 1.27 bits per heavy atom. The Morgan fingerprint density at radius 2 is 1.91 bits per heavy atom. The van der Waals surface area contributed by atoms with Crippen LogP contribution < -0.4 is 5.32 Å². The Balaban J connectivity index is 2.34. The molecule has 1 aromatic carbocycles. The van der Waals surface area contributed by atoms with Gasteiger partial charge in [0.25, 0.3) is 11.6 Å². The van der Waals surface area contributed by atoms with E-state index in [0.717, 1.165) is 6.07 Å². The number of ether oxygens (including phenoxy) is 1. The van der Waals surface area contributed by atoms with Gasteiger partial charge in [-0.2, -0.15) is 0 Å². The molecule has 0 unspecified atom stereocenters. The smallest absolute Gasteiger partial charge is 0.338 e. The second-order valence-corrected chi connectivity index (χ2v) is 4.79. The van der Waals surface area contributed by atoms with Gasteiger partial charge in [-0.05, 0) is 13.0 Å². The van der Waals surface area contributed by atoms with Gasteiger partial charge in [-0.3, -0.25) is 14.9 Å². The molecule has 1 fully saturated rings. The van der Waals surface area contributed by atoms with Gasteiger partial charge in [-0.25, -0.2) is 4.79 Å². The quantitative estimate of drug-likeness (QED) is 0.502. The zero-order valence-corrected chi connectivity index (χ0v) is 12.2. The lowest BCUT2D eigenvalue weighted by Gasteiger charge is -2.27. The molecule has 0 saturated carbocycles. The molecule has 0 spiro atoms. The molecule has 1 aromatic rings. The highest BCUT2D eigenvalue weighted by molar-refractivity contribution is 5.99. The Kier molecular flexibility index (Phi) is 5.05. The van der Waals surface area contributed by atoms with Crippen LogP contribution in [0.1, 0.15) is 27.6 Å². The number of nitrogens with one attached hydrogen (secondary N) is 1. The summed E-state index contributed by atoms with van der Waals surface area (Å²) in [5.74, 6) is -1.00. The minimum absolute atomic E-state index is 0.00883. The molecule has 0 aromatic heterocycles. The summed E-state index contributed by atoms with van der Waals surface area (Å²) >= 11 is 0. The maximum Gasteiger partial charge on any atom is 0.338 e.